The van der Waals surface area contributed by atoms with Gasteiger partial charge in [-0.05, 0) is 23.8 Å². The Labute approximate surface area is 244 Å². The molecule has 174 valence electrons. The first-order valence-electron chi connectivity index (χ1n) is 10.0. The zero-order chi connectivity index (χ0) is 23.3. The van der Waals surface area contributed by atoms with Crippen LogP contribution in [0.4, 0.5) is 15.3 Å². The number of cyclic esters (lactones) is 2. The molecule has 0 spiro atoms. The zero-order valence-electron chi connectivity index (χ0n) is 19.3. The third kappa shape index (κ3) is 5.88. The molecule has 5 rings (SSSR count). The number of amides is 2. The minimum atomic E-state index is -5.19. The molecule has 2 saturated heterocycles. The molecule has 2 amide bonds. The fourth-order valence-electron chi connectivity index (χ4n) is 4.01. The van der Waals surface area contributed by atoms with Crippen molar-refractivity contribution in [2.75, 3.05) is 31.7 Å². The molecule has 15 heteroatoms. The summed E-state index contributed by atoms with van der Waals surface area (Å²) in [7, 11) is -3.53. The average molecular weight is 521 g/mol. The van der Waals surface area contributed by atoms with E-state index in [1.807, 2.05) is 6.07 Å². The second kappa shape index (κ2) is 11.1. The number of benzene rings is 1. The number of ether oxygens (including phenoxy) is 3. The standard InChI is InChI=1S/C20H20N3O9P.2Na/c1-22-8-17(31-19(22)24)13-4-2-12(7-21-13)11-3-5-14-16(6-11)29-9-15-18(10-30-33(26,27)28)32-20(25)23(14)15;;/h2-7,15,17-18H,8-10H2,1H3,(H2,26,27,28);;/q;2*+1/p-2/t15-,17+,18-;;/m0../s1. The van der Waals surface area contributed by atoms with Crippen LogP contribution in [-0.2, 0) is 18.6 Å². The first-order chi connectivity index (χ1) is 15.7. The van der Waals surface area contributed by atoms with E-state index in [9.17, 15) is 23.9 Å². The fraction of sp³-hybridized carbons (Fsp3) is 0.350. The summed E-state index contributed by atoms with van der Waals surface area (Å²) in [6.07, 6.45) is -0.784. The molecular weight excluding hydrogens is 503 g/mol. The van der Waals surface area contributed by atoms with E-state index in [0.717, 1.165) is 11.1 Å². The van der Waals surface area contributed by atoms with Gasteiger partial charge in [0.05, 0.1) is 32.4 Å². The van der Waals surface area contributed by atoms with Gasteiger partial charge in [0.25, 0.3) is 0 Å². The molecule has 2 aromatic rings. The van der Waals surface area contributed by atoms with E-state index >= 15 is 0 Å². The predicted octanol–water partition coefficient (Wildman–Crippen LogP) is -5.19. The van der Waals surface area contributed by atoms with Gasteiger partial charge in [0.15, 0.2) is 12.2 Å². The first-order valence-corrected chi connectivity index (χ1v) is 11.5. The summed E-state index contributed by atoms with van der Waals surface area (Å²) in [4.78, 5) is 52.7. The Kier molecular flexibility index (Phi) is 8.97. The summed E-state index contributed by atoms with van der Waals surface area (Å²) in [5.41, 5.74) is 2.68. The van der Waals surface area contributed by atoms with E-state index in [1.165, 1.54) is 9.80 Å². The van der Waals surface area contributed by atoms with Crippen molar-refractivity contribution in [3.05, 3.63) is 42.2 Å². The molecule has 3 aliphatic heterocycles. The molecule has 3 atom stereocenters. The number of hydrogen-bond acceptors (Lipinski definition) is 10. The molecule has 0 unspecified atom stereocenters. The molecule has 1 aromatic carbocycles. The minimum Gasteiger partial charge on any atom is -0.790 e. The number of rotatable bonds is 5. The normalized spacial score (nSPS) is 22.8. The molecule has 0 saturated carbocycles. The van der Waals surface area contributed by atoms with Crippen molar-refractivity contribution >= 4 is 25.7 Å². The summed E-state index contributed by atoms with van der Waals surface area (Å²) >= 11 is 0. The van der Waals surface area contributed by atoms with Gasteiger partial charge >= 0.3 is 71.3 Å². The van der Waals surface area contributed by atoms with Gasteiger partial charge in [0.1, 0.15) is 18.4 Å². The van der Waals surface area contributed by atoms with E-state index in [2.05, 4.69) is 9.51 Å². The van der Waals surface area contributed by atoms with Crippen LogP contribution in [0.25, 0.3) is 11.1 Å². The number of likely N-dealkylation sites (N-methyl/N-ethyl adjacent to an activating group) is 1. The number of pyridine rings is 1. The molecule has 0 N–H and O–H groups in total. The van der Waals surface area contributed by atoms with Crippen LogP contribution in [0.15, 0.2) is 36.5 Å². The SMILES string of the molecule is CN1C[C@H](c2ccc(-c3ccc4c(c3)OC[C@H]3[C@H](COP(=O)([O-])[O-])OC(=O)N43)cn2)OC1=O.[Na+].[Na+]. The number of hydrogen-bond donors (Lipinski definition) is 0. The number of carbonyl (C=O) groups is 2. The largest absolute Gasteiger partial charge is 1.00 e. The van der Waals surface area contributed by atoms with Crippen LogP contribution >= 0.6 is 7.82 Å². The van der Waals surface area contributed by atoms with Crippen LogP contribution in [0.1, 0.15) is 11.8 Å². The van der Waals surface area contributed by atoms with Gasteiger partial charge in [-0.1, -0.05) is 12.1 Å². The van der Waals surface area contributed by atoms with E-state index in [1.54, 1.807) is 37.5 Å². The molecule has 1 aromatic heterocycles. The Bertz CT molecular complexity index is 1160. The van der Waals surface area contributed by atoms with E-state index in [4.69, 9.17) is 14.2 Å². The Morgan fingerprint density at radius 1 is 1.11 bits per heavy atom. The molecule has 35 heavy (non-hydrogen) atoms. The van der Waals surface area contributed by atoms with Crippen molar-refractivity contribution in [3.8, 4) is 16.9 Å². The van der Waals surface area contributed by atoms with Gasteiger partial charge in [-0.15, -0.1) is 0 Å². The summed E-state index contributed by atoms with van der Waals surface area (Å²) in [5.74, 6) is 0.441. The van der Waals surface area contributed by atoms with Crippen molar-refractivity contribution in [3.63, 3.8) is 0 Å². The second-order valence-corrected chi connectivity index (χ2v) is 8.97. The van der Waals surface area contributed by atoms with Gasteiger partial charge in [-0.3, -0.25) is 9.88 Å². The fourth-order valence-corrected chi connectivity index (χ4v) is 4.34. The molecule has 2 fully saturated rings. The molecule has 0 bridgehead atoms. The number of nitrogens with zero attached hydrogens (tertiary/aromatic N) is 3. The third-order valence-corrected chi connectivity index (χ3v) is 6.14. The van der Waals surface area contributed by atoms with Crippen molar-refractivity contribution in [2.45, 2.75) is 18.2 Å². The maximum absolute atomic E-state index is 12.4. The van der Waals surface area contributed by atoms with Gasteiger partial charge < -0.3 is 38.0 Å². The van der Waals surface area contributed by atoms with Gasteiger partial charge in [0.2, 0.25) is 0 Å². The van der Waals surface area contributed by atoms with Crippen LogP contribution in [-0.4, -0.2) is 61.0 Å². The molecule has 4 heterocycles. The maximum Gasteiger partial charge on any atom is 1.00 e. The molecular formula is C20H18N3Na2O9P. The quantitative estimate of drug-likeness (QED) is 0.276. The van der Waals surface area contributed by atoms with Crippen molar-refractivity contribution in [2.24, 2.45) is 0 Å². The Morgan fingerprint density at radius 3 is 2.49 bits per heavy atom. The summed E-state index contributed by atoms with van der Waals surface area (Å²) in [6.45, 7) is -0.105. The van der Waals surface area contributed by atoms with Crippen LogP contribution in [0.3, 0.4) is 0 Å². The number of aromatic nitrogens is 1. The Morgan fingerprint density at radius 2 is 1.86 bits per heavy atom. The number of anilines is 1. The third-order valence-electron chi connectivity index (χ3n) is 5.68. The van der Waals surface area contributed by atoms with Gasteiger partial charge in [0, 0.05) is 18.8 Å². The Balaban J connectivity index is 0.00000171. The second-order valence-electron chi connectivity index (χ2n) is 7.82. The van der Waals surface area contributed by atoms with Crippen LogP contribution in [0.5, 0.6) is 5.75 Å². The minimum absolute atomic E-state index is 0. The molecule has 0 aliphatic carbocycles. The van der Waals surface area contributed by atoms with Crippen molar-refractivity contribution in [1.29, 1.82) is 0 Å². The topological polar surface area (TPSA) is 154 Å². The van der Waals surface area contributed by atoms with Crippen molar-refractivity contribution in [1.82, 2.24) is 9.88 Å². The van der Waals surface area contributed by atoms with Crippen LogP contribution in [0.2, 0.25) is 0 Å². The maximum atomic E-state index is 12.4. The van der Waals surface area contributed by atoms with E-state index in [0.29, 0.717) is 23.7 Å². The molecule has 3 aliphatic rings. The first kappa shape index (κ1) is 28.4. The number of fused-ring (bicyclic) bond motifs is 3. The van der Waals surface area contributed by atoms with E-state index in [-0.39, 0.29) is 71.8 Å². The summed E-state index contributed by atoms with van der Waals surface area (Å²) in [5, 5.41) is 0. The Hall–Kier alpha value is -1.18. The summed E-state index contributed by atoms with van der Waals surface area (Å²) in [6, 6.07) is 8.24. The van der Waals surface area contributed by atoms with Gasteiger partial charge in [-0.25, -0.2) is 9.59 Å². The summed E-state index contributed by atoms with van der Waals surface area (Å²) < 4.78 is 31.3. The number of phosphoric acid groups is 1. The molecule has 12 nitrogen and oxygen atoms in total. The molecule has 0 radical (unpaired) electrons. The predicted molar refractivity (Wildman–Crippen MR) is 107 cm³/mol. The number of carbonyl (C=O) groups excluding carboxylic acids is 2. The zero-order valence-corrected chi connectivity index (χ0v) is 24.2. The smallest absolute Gasteiger partial charge is 0.790 e. The monoisotopic (exact) mass is 521 g/mol. The van der Waals surface area contributed by atoms with Crippen LogP contribution in [0, 0.1) is 0 Å². The van der Waals surface area contributed by atoms with Gasteiger partial charge in [-0.2, -0.15) is 0 Å². The van der Waals surface area contributed by atoms with Crippen LogP contribution < -0.4 is 78.5 Å². The van der Waals surface area contributed by atoms with E-state index < -0.39 is 38.8 Å². The van der Waals surface area contributed by atoms with Crippen molar-refractivity contribution < 1.29 is 102 Å². The number of phosphoric ester groups is 1. The average Bonchev–Trinajstić information content (AvgIpc) is 3.30.